The number of pyridine rings is 1. The van der Waals surface area contributed by atoms with Gasteiger partial charge in [0.15, 0.2) is 0 Å². The van der Waals surface area contributed by atoms with Crippen LogP contribution < -0.4 is 10.7 Å². The summed E-state index contributed by atoms with van der Waals surface area (Å²) in [5, 5.41) is 11.3. The average Bonchev–Trinajstić information content (AvgIpc) is 3.26. The largest absolute Gasteiger partial charge is 0.423 e. The van der Waals surface area contributed by atoms with Crippen LogP contribution >= 0.6 is 0 Å². The van der Waals surface area contributed by atoms with Gasteiger partial charge in [-0.25, -0.2) is 0 Å². The Morgan fingerprint density at radius 3 is 2.73 bits per heavy atom. The summed E-state index contributed by atoms with van der Waals surface area (Å²) < 4.78 is 7.56. The highest BCUT2D eigenvalue weighted by Gasteiger charge is 2.23. The van der Waals surface area contributed by atoms with Crippen molar-refractivity contribution in [3.05, 3.63) is 57.5 Å². The molecule has 0 fully saturated rings. The van der Waals surface area contributed by atoms with Crippen LogP contribution in [0.25, 0.3) is 10.9 Å². The topological polar surface area (TPSA) is 90.0 Å². The second kappa shape index (κ2) is 6.09. The minimum atomic E-state index is -0.484. The predicted molar refractivity (Wildman–Crippen MR) is 96.2 cm³/mol. The monoisotopic (exact) mass is 352 g/mol. The number of carbonyl (C=O) groups is 1. The van der Waals surface area contributed by atoms with E-state index in [1.807, 2.05) is 30.5 Å². The first-order valence-electron chi connectivity index (χ1n) is 8.75. The van der Waals surface area contributed by atoms with Crippen molar-refractivity contribution in [1.82, 2.24) is 20.1 Å². The van der Waals surface area contributed by atoms with E-state index in [0.29, 0.717) is 17.2 Å². The van der Waals surface area contributed by atoms with E-state index in [2.05, 4.69) is 15.5 Å². The van der Waals surface area contributed by atoms with Gasteiger partial charge in [0.1, 0.15) is 11.6 Å². The van der Waals surface area contributed by atoms with Crippen LogP contribution in [-0.4, -0.2) is 20.7 Å². The first-order valence-corrected chi connectivity index (χ1v) is 8.75. The number of rotatable bonds is 4. The number of aryl methyl sites for hydroxylation is 2. The number of benzene rings is 1. The molecular weight excluding hydrogens is 332 g/mol. The van der Waals surface area contributed by atoms with Gasteiger partial charge < -0.3 is 14.3 Å². The zero-order valence-electron chi connectivity index (χ0n) is 14.9. The molecule has 1 amide bonds. The smallest absolute Gasteiger partial charge is 0.257 e. The lowest BCUT2D eigenvalue weighted by Gasteiger charge is -2.12. The molecule has 0 bridgehead atoms. The highest BCUT2D eigenvalue weighted by Crippen LogP contribution is 2.24. The summed E-state index contributed by atoms with van der Waals surface area (Å²) in [5.41, 5.74) is 1.96. The third-order valence-corrected chi connectivity index (χ3v) is 4.72. The highest BCUT2D eigenvalue weighted by atomic mass is 16.4. The molecule has 1 aliphatic rings. The SMILES string of the molecule is CC(C)c1nnc([C@H](C)NC(=O)c2cn3c4c(cccc4c2=O)CC3)o1. The molecule has 134 valence electrons. The van der Waals surface area contributed by atoms with Crippen LogP contribution in [0, 0.1) is 0 Å². The zero-order valence-corrected chi connectivity index (χ0v) is 14.9. The third-order valence-electron chi connectivity index (χ3n) is 4.72. The van der Waals surface area contributed by atoms with E-state index >= 15 is 0 Å². The fourth-order valence-corrected chi connectivity index (χ4v) is 3.31. The molecule has 0 unspecified atom stereocenters. The number of hydrogen-bond donors (Lipinski definition) is 1. The van der Waals surface area contributed by atoms with Crippen LogP contribution in [0.5, 0.6) is 0 Å². The fourth-order valence-electron chi connectivity index (χ4n) is 3.31. The molecule has 0 radical (unpaired) electrons. The number of para-hydroxylation sites is 1. The van der Waals surface area contributed by atoms with Crippen LogP contribution in [0.15, 0.2) is 33.6 Å². The van der Waals surface area contributed by atoms with Crippen molar-refractivity contribution in [3.8, 4) is 0 Å². The average molecular weight is 352 g/mol. The minimum absolute atomic E-state index is 0.114. The fraction of sp³-hybridized carbons (Fsp3) is 0.368. The molecule has 7 heteroatoms. The van der Waals surface area contributed by atoms with Crippen molar-refractivity contribution >= 4 is 16.8 Å². The van der Waals surface area contributed by atoms with Crippen molar-refractivity contribution in [3.63, 3.8) is 0 Å². The molecule has 4 rings (SSSR count). The number of aromatic nitrogens is 3. The quantitative estimate of drug-likeness (QED) is 0.779. The van der Waals surface area contributed by atoms with E-state index < -0.39 is 11.9 Å². The van der Waals surface area contributed by atoms with Gasteiger partial charge in [0.2, 0.25) is 17.2 Å². The molecule has 3 aromatic rings. The number of carbonyl (C=O) groups excluding carboxylic acids is 1. The van der Waals surface area contributed by atoms with Crippen LogP contribution in [0.1, 0.15) is 60.4 Å². The van der Waals surface area contributed by atoms with E-state index in [1.54, 1.807) is 19.2 Å². The van der Waals surface area contributed by atoms with Gasteiger partial charge in [-0.3, -0.25) is 9.59 Å². The maximum absolute atomic E-state index is 12.8. The van der Waals surface area contributed by atoms with Crippen molar-refractivity contribution in [2.45, 2.75) is 45.7 Å². The second-order valence-electron chi connectivity index (χ2n) is 6.96. The lowest BCUT2D eigenvalue weighted by Crippen LogP contribution is -2.31. The normalized spacial score (nSPS) is 14.2. The van der Waals surface area contributed by atoms with Crippen LogP contribution in [-0.2, 0) is 13.0 Å². The van der Waals surface area contributed by atoms with Gasteiger partial charge in [0.25, 0.3) is 5.91 Å². The van der Waals surface area contributed by atoms with Gasteiger partial charge in [-0.15, -0.1) is 10.2 Å². The van der Waals surface area contributed by atoms with Gasteiger partial charge in [0.05, 0.1) is 5.52 Å². The maximum atomic E-state index is 12.8. The van der Waals surface area contributed by atoms with Crippen molar-refractivity contribution in [2.24, 2.45) is 0 Å². The summed E-state index contributed by atoms with van der Waals surface area (Å²) in [5.74, 6) is 0.528. The predicted octanol–water partition coefficient (Wildman–Crippen LogP) is 2.56. The second-order valence-corrected chi connectivity index (χ2v) is 6.96. The third kappa shape index (κ3) is 2.60. The van der Waals surface area contributed by atoms with E-state index in [4.69, 9.17) is 4.42 Å². The van der Waals surface area contributed by atoms with E-state index in [1.165, 1.54) is 0 Å². The number of nitrogens with one attached hydrogen (secondary N) is 1. The van der Waals surface area contributed by atoms with Crippen LogP contribution in [0.2, 0.25) is 0 Å². The van der Waals surface area contributed by atoms with Gasteiger partial charge in [-0.05, 0) is 25.0 Å². The van der Waals surface area contributed by atoms with E-state index in [0.717, 1.165) is 24.0 Å². The van der Waals surface area contributed by atoms with Crippen molar-refractivity contribution < 1.29 is 9.21 Å². The molecule has 0 aliphatic carbocycles. The van der Waals surface area contributed by atoms with Gasteiger partial charge in [-0.2, -0.15) is 0 Å². The van der Waals surface area contributed by atoms with Crippen molar-refractivity contribution in [2.75, 3.05) is 0 Å². The molecule has 7 nitrogen and oxygen atoms in total. The molecule has 2 aromatic heterocycles. The van der Waals surface area contributed by atoms with Gasteiger partial charge in [-0.1, -0.05) is 26.0 Å². The first kappa shape index (κ1) is 16.5. The zero-order chi connectivity index (χ0) is 18.4. The molecule has 26 heavy (non-hydrogen) atoms. The molecule has 0 saturated heterocycles. The number of hydrogen-bond acceptors (Lipinski definition) is 5. The van der Waals surface area contributed by atoms with E-state index in [-0.39, 0.29) is 16.9 Å². The molecule has 0 spiro atoms. The number of nitrogens with zero attached hydrogens (tertiary/aromatic N) is 3. The van der Waals surface area contributed by atoms with Gasteiger partial charge in [0, 0.05) is 24.0 Å². The highest BCUT2D eigenvalue weighted by molar-refractivity contribution is 5.98. The number of amides is 1. The Hall–Kier alpha value is -2.96. The molecule has 1 aromatic carbocycles. The molecule has 1 aliphatic heterocycles. The Morgan fingerprint density at radius 1 is 1.23 bits per heavy atom. The lowest BCUT2D eigenvalue weighted by atomic mass is 10.1. The summed E-state index contributed by atoms with van der Waals surface area (Å²) in [6.45, 7) is 6.43. The Kier molecular flexibility index (Phi) is 3.86. The molecule has 1 N–H and O–H groups in total. The Labute approximate surface area is 150 Å². The van der Waals surface area contributed by atoms with Crippen LogP contribution in [0.4, 0.5) is 0 Å². The Morgan fingerprint density at radius 2 is 2.00 bits per heavy atom. The summed E-state index contributed by atoms with van der Waals surface area (Å²) in [6.07, 6.45) is 2.52. The van der Waals surface area contributed by atoms with E-state index in [9.17, 15) is 9.59 Å². The Balaban J connectivity index is 1.65. The Bertz CT molecular complexity index is 1060. The van der Waals surface area contributed by atoms with Crippen LogP contribution in [0.3, 0.4) is 0 Å². The van der Waals surface area contributed by atoms with Gasteiger partial charge >= 0.3 is 0 Å². The molecule has 0 saturated carbocycles. The van der Waals surface area contributed by atoms with Crippen molar-refractivity contribution in [1.29, 1.82) is 0 Å². The molecule has 1 atom stereocenters. The summed E-state index contributed by atoms with van der Waals surface area (Å²) in [7, 11) is 0. The minimum Gasteiger partial charge on any atom is -0.423 e. The standard InChI is InChI=1S/C19H20N4O3/c1-10(2)18-21-22-19(26-18)11(3)20-17(25)14-9-23-8-7-12-5-4-6-13(15(12)23)16(14)24/h4-6,9-11H,7-8H2,1-3H3,(H,20,25)/t11-/m0/s1. The molecular formula is C19H20N4O3. The molecule has 3 heterocycles. The summed E-state index contributed by atoms with van der Waals surface area (Å²) in [4.78, 5) is 25.5. The summed E-state index contributed by atoms with van der Waals surface area (Å²) >= 11 is 0. The summed E-state index contributed by atoms with van der Waals surface area (Å²) in [6, 6.07) is 5.18. The maximum Gasteiger partial charge on any atom is 0.257 e. The first-order chi connectivity index (χ1) is 12.5. The lowest BCUT2D eigenvalue weighted by molar-refractivity contribution is 0.0932.